The highest BCUT2D eigenvalue weighted by atomic mass is 16.5. The molecule has 0 bridgehead atoms. The molecule has 2 aromatic rings. The molecule has 33 heavy (non-hydrogen) atoms. The Morgan fingerprint density at radius 1 is 1.00 bits per heavy atom. The van der Waals surface area contributed by atoms with Crippen molar-refractivity contribution in [3.8, 4) is 5.75 Å². The van der Waals surface area contributed by atoms with E-state index in [2.05, 4.69) is 15.0 Å². The van der Waals surface area contributed by atoms with Crippen molar-refractivity contribution in [2.45, 2.75) is 25.4 Å². The third-order valence-corrected chi connectivity index (χ3v) is 6.26. The van der Waals surface area contributed by atoms with Gasteiger partial charge in [0.05, 0.1) is 30.2 Å². The summed E-state index contributed by atoms with van der Waals surface area (Å²) in [6.07, 6.45) is 6.54. The van der Waals surface area contributed by atoms with E-state index in [1.807, 2.05) is 4.90 Å². The van der Waals surface area contributed by atoms with E-state index >= 15 is 0 Å². The van der Waals surface area contributed by atoms with Crippen LogP contribution in [0, 0.1) is 11.8 Å². The number of ketones is 1. The second-order valence-corrected chi connectivity index (χ2v) is 8.98. The molecular weight excluding hydrogens is 424 g/mol. The first-order chi connectivity index (χ1) is 15.9. The van der Waals surface area contributed by atoms with Crippen LogP contribution in [0.15, 0.2) is 30.7 Å². The van der Waals surface area contributed by atoms with Crippen LogP contribution in [0.2, 0.25) is 0 Å². The van der Waals surface area contributed by atoms with Gasteiger partial charge in [-0.1, -0.05) is 0 Å². The summed E-state index contributed by atoms with van der Waals surface area (Å²) >= 11 is 0. The van der Waals surface area contributed by atoms with Gasteiger partial charge < -0.3 is 19.4 Å². The summed E-state index contributed by atoms with van der Waals surface area (Å²) in [5, 5.41) is 0. The van der Waals surface area contributed by atoms with Crippen molar-refractivity contribution in [3.63, 3.8) is 0 Å². The van der Waals surface area contributed by atoms with Crippen LogP contribution in [0.3, 0.4) is 0 Å². The molecule has 0 N–H and O–H groups in total. The zero-order chi connectivity index (χ0) is 23.1. The normalized spacial score (nSPS) is 20.5. The van der Waals surface area contributed by atoms with Crippen molar-refractivity contribution in [1.29, 1.82) is 0 Å². The highest BCUT2D eigenvalue weighted by molar-refractivity contribution is 5.99. The van der Waals surface area contributed by atoms with E-state index in [0.29, 0.717) is 49.1 Å². The van der Waals surface area contributed by atoms with E-state index in [1.165, 1.54) is 6.20 Å². The number of nitrogens with zero attached hydrogens (tertiary/aromatic N) is 6. The molecule has 2 saturated heterocycles. The highest BCUT2D eigenvalue weighted by Crippen LogP contribution is 2.32. The summed E-state index contributed by atoms with van der Waals surface area (Å²) < 4.78 is 5.84. The monoisotopic (exact) mass is 450 g/mol. The molecule has 0 aromatic carbocycles. The maximum atomic E-state index is 12.9. The third kappa shape index (κ3) is 4.24. The topological polar surface area (TPSA) is 109 Å². The number of amides is 2. The number of Topliss-reactive ketones (excluding diaryl/α,β-unsaturated/α-hetero) is 1. The molecule has 4 heterocycles. The Morgan fingerprint density at radius 2 is 1.73 bits per heavy atom. The van der Waals surface area contributed by atoms with Crippen molar-refractivity contribution in [2.24, 2.45) is 11.8 Å². The SMILES string of the molecule is CN(C)C(=O)C1CN(c2ncc(N3CC[C@@H](Oc4ccc(C(=O)C5CC5)nc4)C3=O)cn2)C1. The Balaban J connectivity index is 1.16. The van der Waals surface area contributed by atoms with Gasteiger partial charge in [0.1, 0.15) is 11.4 Å². The number of ether oxygens (including phenoxy) is 1. The zero-order valence-corrected chi connectivity index (χ0v) is 18.7. The number of carbonyl (C=O) groups is 3. The number of hydrogen-bond acceptors (Lipinski definition) is 8. The molecule has 0 spiro atoms. The lowest BCUT2D eigenvalue weighted by molar-refractivity contribution is -0.133. The quantitative estimate of drug-likeness (QED) is 0.579. The van der Waals surface area contributed by atoms with Gasteiger partial charge in [0, 0.05) is 46.1 Å². The van der Waals surface area contributed by atoms with Gasteiger partial charge in [-0.25, -0.2) is 15.0 Å². The zero-order valence-electron chi connectivity index (χ0n) is 18.7. The molecule has 2 aromatic heterocycles. The van der Waals surface area contributed by atoms with Crippen LogP contribution in [-0.2, 0) is 9.59 Å². The van der Waals surface area contributed by atoms with E-state index in [0.717, 1.165) is 12.8 Å². The number of aromatic nitrogens is 3. The molecule has 10 nitrogen and oxygen atoms in total. The Kier molecular flexibility index (Phi) is 5.43. The van der Waals surface area contributed by atoms with Crippen molar-refractivity contribution in [2.75, 3.05) is 43.5 Å². The molecule has 0 unspecified atom stereocenters. The van der Waals surface area contributed by atoms with Crippen LogP contribution >= 0.6 is 0 Å². The fraction of sp³-hybridized carbons (Fsp3) is 0.478. The standard InChI is InChI=1S/C23H26N6O4/c1-27(2)21(31)15-12-28(13-15)23-25-9-16(10-26-23)29-8-7-19(22(29)32)33-17-5-6-18(24-11-17)20(30)14-3-4-14/h5-6,9-11,14-15,19H,3-4,7-8,12-13H2,1-2H3/t19-/m1/s1. The lowest BCUT2D eigenvalue weighted by Gasteiger charge is -2.39. The van der Waals surface area contributed by atoms with Gasteiger partial charge in [-0.2, -0.15) is 0 Å². The maximum Gasteiger partial charge on any atom is 0.268 e. The van der Waals surface area contributed by atoms with E-state index in [1.54, 1.807) is 48.4 Å². The molecule has 1 saturated carbocycles. The van der Waals surface area contributed by atoms with Crippen LogP contribution in [-0.4, -0.2) is 77.3 Å². The van der Waals surface area contributed by atoms with E-state index in [9.17, 15) is 14.4 Å². The van der Waals surface area contributed by atoms with Gasteiger partial charge in [0.2, 0.25) is 11.9 Å². The van der Waals surface area contributed by atoms with E-state index in [-0.39, 0.29) is 29.4 Å². The van der Waals surface area contributed by atoms with Crippen molar-refractivity contribution < 1.29 is 19.1 Å². The van der Waals surface area contributed by atoms with Crippen LogP contribution in [0.1, 0.15) is 29.8 Å². The van der Waals surface area contributed by atoms with Crippen LogP contribution in [0.4, 0.5) is 11.6 Å². The molecule has 3 fully saturated rings. The maximum absolute atomic E-state index is 12.9. The molecule has 172 valence electrons. The fourth-order valence-electron chi connectivity index (χ4n) is 4.11. The first-order valence-corrected chi connectivity index (χ1v) is 11.2. The summed E-state index contributed by atoms with van der Waals surface area (Å²) in [5.41, 5.74) is 1.06. The minimum Gasteiger partial charge on any atom is -0.479 e. The fourth-order valence-corrected chi connectivity index (χ4v) is 4.11. The lowest BCUT2D eigenvalue weighted by Crippen LogP contribution is -2.54. The van der Waals surface area contributed by atoms with E-state index in [4.69, 9.17) is 4.74 Å². The molecule has 3 aliphatic rings. The summed E-state index contributed by atoms with van der Waals surface area (Å²) in [7, 11) is 3.50. The van der Waals surface area contributed by atoms with Crippen LogP contribution < -0.4 is 14.5 Å². The molecule has 2 aliphatic heterocycles. The van der Waals surface area contributed by atoms with Gasteiger partial charge in [0.15, 0.2) is 11.9 Å². The predicted molar refractivity (Wildman–Crippen MR) is 119 cm³/mol. The average Bonchev–Trinajstić information content (AvgIpc) is 3.58. The second kappa shape index (κ2) is 8.42. The molecular formula is C23H26N6O4. The predicted octanol–water partition coefficient (Wildman–Crippen LogP) is 1.17. The van der Waals surface area contributed by atoms with Crippen molar-refractivity contribution >= 4 is 29.2 Å². The Morgan fingerprint density at radius 3 is 2.33 bits per heavy atom. The van der Waals surface area contributed by atoms with Gasteiger partial charge in [-0.05, 0) is 25.0 Å². The molecule has 0 radical (unpaired) electrons. The Labute approximate surface area is 191 Å². The minimum absolute atomic E-state index is 0.0308. The van der Waals surface area contributed by atoms with Crippen molar-refractivity contribution in [3.05, 3.63) is 36.4 Å². The number of pyridine rings is 1. The largest absolute Gasteiger partial charge is 0.479 e. The highest BCUT2D eigenvalue weighted by Gasteiger charge is 2.37. The number of hydrogen-bond donors (Lipinski definition) is 0. The Hall–Kier alpha value is -3.56. The van der Waals surface area contributed by atoms with Crippen molar-refractivity contribution in [1.82, 2.24) is 19.9 Å². The van der Waals surface area contributed by atoms with Gasteiger partial charge >= 0.3 is 0 Å². The molecule has 1 aliphatic carbocycles. The number of anilines is 2. The number of rotatable bonds is 7. The summed E-state index contributed by atoms with van der Waals surface area (Å²) in [6.45, 7) is 1.68. The van der Waals surface area contributed by atoms with Gasteiger partial charge in [0.25, 0.3) is 5.91 Å². The molecule has 5 rings (SSSR count). The summed E-state index contributed by atoms with van der Waals surface area (Å²) in [4.78, 5) is 55.1. The minimum atomic E-state index is -0.621. The third-order valence-electron chi connectivity index (χ3n) is 6.26. The molecule has 10 heteroatoms. The first kappa shape index (κ1) is 21.3. The molecule has 2 amide bonds. The van der Waals surface area contributed by atoms with Crippen LogP contribution in [0.5, 0.6) is 5.75 Å². The van der Waals surface area contributed by atoms with Crippen LogP contribution in [0.25, 0.3) is 0 Å². The Bertz CT molecular complexity index is 1060. The van der Waals surface area contributed by atoms with Gasteiger partial charge in [-0.3, -0.25) is 14.4 Å². The average molecular weight is 450 g/mol. The lowest BCUT2D eigenvalue weighted by atomic mass is 9.99. The molecule has 1 atom stereocenters. The first-order valence-electron chi connectivity index (χ1n) is 11.2. The van der Waals surface area contributed by atoms with Gasteiger partial charge in [-0.15, -0.1) is 0 Å². The number of carbonyl (C=O) groups excluding carboxylic acids is 3. The van der Waals surface area contributed by atoms with E-state index < -0.39 is 6.10 Å². The summed E-state index contributed by atoms with van der Waals surface area (Å²) in [6, 6.07) is 3.35. The summed E-state index contributed by atoms with van der Waals surface area (Å²) in [5.74, 6) is 1.12. The smallest absolute Gasteiger partial charge is 0.268 e. The second-order valence-electron chi connectivity index (χ2n) is 8.98.